The van der Waals surface area contributed by atoms with Crippen LogP contribution >= 0.6 is 0 Å². The van der Waals surface area contributed by atoms with Crippen molar-refractivity contribution in [2.75, 3.05) is 78.5 Å². The number of β-amino-alcohol motifs (C(OH)–C–C–N with tert-alkyl or cyclic N) is 2. The molecule has 0 unspecified atom stereocenters. The normalized spacial score (nSPS) is 18.4. The highest BCUT2D eigenvalue weighted by Crippen LogP contribution is 2.11. The van der Waals surface area contributed by atoms with Gasteiger partial charge in [-0.25, -0.2) is 4.79 Å². The summed E-state index contributed by atoms with van der Waals surface area (Å²) in [7, 11) is 0. The molecule has 0 radical (unpaired) electrons. The van der Waals surface area contributed by atoms with E-state index >= 15 is 0 Å². The van der Waals surface area contributed by atoms with E-state index in [-0.39, 0.29) is 13.1 Å². The zero-order valence-electron chi connectivity index (χ0n) is 28.8. The second-order valence-corrected chi connectivity index (χ2v) is 13.5. The first kappa shape index (κ1) is 35.7. The molecule has 0 saturated carbocycles. The fourth-order valence-corrected chi connectivity index (χ4v) is 6.95. The third-order valence-electron chi connectivity index (χ3n) is 9.73. The lowest BCUT2D eigenvalue weighted by Crippen LogP contribution is -2.51. The Kier molecular flexibility index (Phi) is 12.6. The molecule has 2 saturated heterocycles. The van der Waals surface area contributed by atoms with Crippen LogP contribution < -0.4 is 11.2 Å². The molecule has 3 aromatic carbocycles. The van der Waals surface area contributed by atoms with Gasteiger partial charge >= 0.3 is 5.69 Å². The van der Waals surface area contributed by atoms with Crippen molar-refractivity contribution in [2.45, 2.75) is 25.3 Å². The van der Waals surface area contributed by atoms with Gasteiger partial charge in [-0.15, -0.1) is 0 Å². The number of benzene rings is 3. The molecule has 50 heavy (non-hydrogen) atoms. The molecule has 2 atom stereocenters. The molecule has 0 amide bonds. The van der Waals surface area contributed by atoms with E-state index in [1.54, 1.807) is 24.3 Å². The van der Waals surface area contributed by atoms with E-state index in [0.29, 0.717) is 24.0 Å². The Labute approximate surface area is 294 Å². The molecule has 1 aromatic heterocycles. The van der Waals surface area contributed by atoms with Crippen molar-refractivity contribution in [3.8, 4) is 0 Å². The first-order valence-electron chi connectivity index (χ1n) is 17.8. The summed E-state index contributed by atoms with van der Waals surface area (Å²) in [5, 5.41) is 22.7. The third-order valence-corrected chi connectivity index (χ3v) is 9.73. The molecule has 2 aliphatic heterocycles. The summed E-state index contributed by atoms with van der Waals surface area (Å²) in [5.41, 5.74) is 1.96. The molecule has 2 N–H and O–H groups in total. The highest BCUT2D eigenvalue weighted by atomic mass is 16.3. The third kappa shape index (κ3) is 9.75. The second kappa shape index (κ2) is 17.7. The van der Waals surface area contributed by atoms with Gasteiger partial charge < -0.3 is 10.2 Å². The Morgan fingerprint density at radius 3 is 1.44 bits per heavy atom. The predicted molar refractivity (Wildman–Crippen MR) is 201 cm³/mol. The van der Waals surface area contributed by atoms with Crippen LogP contribution in [0.1, 0.15) is 11.1 Å². The molecule has 6 rings (SSSR count). The quantitative estimate of drug-likeness (QED) is 0.210. The SMILES string of the molecule is O=c1c2ccccc2n(C[C@@H](O)CN2CCN(C/C=C/c3ccccc3)CC2)c(=O)n1C[C@@H](O)CN1CCN(C/C=C/c2ccccc2)CC1. The average Bonchev–Trinajstić information content (AvgIpc) is 3.14. The van der Waals surface area contributed by atoms with Crippen LogP contribution in [0.5, 0.6) is 0 Å². The first-order chi connectivity index (χ1) is 24.4. The lowest BCUT2D eigenvalue weighted by atomic mass is 10.2. The molecule has 0 aliphatic carbocycles. The summed E-state index contributed by atoms with van der Waals surface area (Å²) >= 11 is 0. The standard InChI is InChI=1S/C40H50N6O4/c47-35(29-43-25-21-41(22-26-43)19-9-15-33-11-3-1-4-12-33)31-45-38-18-8-7-17-37(38)39(49)46(40(45)50)32-36(48)30-44-27-23-42(24-28-44)20-10-16-34-13-5-2-6-14-34/h1-18,35-36,47-48H,19-32H2/b15-9+,16-10+/t35-,36-/m0/s1. The highest BCUT2D eigenvalue weighted by molar-refractivity contribution is 5.77. The molecular formula is C40H50N6O4. The number of piperazine rings is 2. The Balaban J connectivity index is 1.01. The minimum absolute atomic E-state index is 0.0659. The minimum Gasteiger partial charge on any atom is -0.390 e. The highest BCUT2D eigenvalue weighted by Gasteiger charge is 2.23. The lowest BCUT2D eigenvalue weighted by molar-refractivity contribution is 0.0632. The van der Waals surface area contributed by atoms with Gasteiger partial charge in [0.25, 0.3) is 5.56 Å². The van der Waals surface area contributed by atoms with Crippen LogP contribution in [0.15, 0.2) is 107 Å². The van der Waals surface area contributed by atoms with E-state index in [1.165, 1.54) is 15.7 Å². The number of rotatable bonds is 14. The second-order valence-electron chi connectivity index (χ2n) is 13.5. The van der Waals surface area contributed by atoms with Crippen molar-refractivity contribution >= 4 is 23.1 Å². The van der Waals surface area contributed by atoms with Gasteiger partial charge in [-0.2, -0.15) is 0 Å². The van der Waals surface area contributed by atoms with E-state index in [1.807, 2.05) is 36.4 Å². The van der Waals surface area contributed by atoms with Gasteiger partial charge in [-0.1, -0.05) is 97.1 Å². The van der Waals surface area contributed by atoms with Crippen molar-refractivity contribution in [3.05, 3.63) is 129 Å². The van der Waals surface area contributed by atoms with E-state index in [9.17, 15) is 19.8 Å². The number of fused-ring (bicyclic) bond motifs is 1. The molecule has 2 fully saturated rings. The van der Waals surface area contributed by atoms with Crippen molar-refractivity contribution in [2.24, 2.45) is 0 Å². The number of nitrogens with zero attached hydrogens (tertiary/aromatic N) is 6. The molecule has 10 nitrogen and oxygen atoms in total. The number of hydrogen-bond acceptors (Lipinski definition) is 8. The fourth-order valence-electron chi connectivity index (χ4n) is 6.95. The van der Waals surface area contributed by atoms with Crippen LogP contribution in [-0.4, -0.2) is 130 Å². The maximum atomic E-state index is 13.8. The minimum atomic E-state index is -0.886. The van der Waals surface area contributed by atoms with Gasteiger partial charge in [0, 0.05) is 78.5 Å². The van der Waals surface area contributed by atoms with Crippen molar-refractivity contribution in [1.82, 2.24) is 28.7 Å². The monoisotopic (exact) mass is 678 g/mol. The predicted octanol–water partition coefficient (Wildman–Crippen LogP) is 2.55. The summed E-state index contributed by atoms with van der Waals surface area (Å²) in [4.78, 5) is 36.5. The average molecular weight is 679 g/mol. The molecule has 0 bridgehead atoms. The van der Waals surface area contributed by atoms with Crippen molar-refractivity contribution in [3.63, 3.8) is 0 Å². The Hall–Kier alpha value is -4.16. The lowest BCUT2D eigenvalue weighted by Gasteiger charge is -2.35. The maximum Gasteiger partial charge on any atom is 0.331 e. The van der Waals surface area contributed by atoms with Crippen LogP contribution in [0, 0.1) is 0 Å². The van der Waals surface area contributed by atoms with Gasteiger partial charge in [0.1, 0.15) is 0 Å². The molecular weight excluding hydrogens is 628 g/mol. The first-order valence-corrected chi connectivity index (χ1v) is 17.8. The summed E-state index contributed by atoms with van der Waals surface area (Å²) in [6.45, 7) is 9.36. The number of hydrogen-bond donors (Lipinski definition) is 2. The van der Waals surface area contributed by atoms with Crippen LogP contribution in [0.4, 0.5) is 0 Å². The van der Waals surface area contributed by atoms with Gasteiger partial charge in [0.15, 0.2) is 0 Å². The maximum absolute atomic E-state index is 13.8. The molecule has 0 spiro atoms. The van der Waals surface area contributed by atoms with Crippen LogP contribution in [-0.2, 0) is 13.1 Å². The van der Waals surface area contributed by atoms with E-state index in [0.717, 1.165) is 70.0 Å². The van der Waals surface area contributed by atoms with Crippen LogP contribution in [0.25, 0.3) is 23.1 Å². The topological polar surface area (TPSA) is 97.4 Å². The summed E-state index contributed by atoms with van der Waals surface area (Å²) < 4.78 is 2.65. The Morgan fingerprint density at radius 1 is 0.520 bits per heavy atom. The van der Waals surface area contributed by atoms with Gasteiger partial charge in [-0.3, -0.25) is 33.5 Å². The fraction of sp³-hybridized carbons (Fsp3) is 0.400. The summed E-state index contributed by atoms with van der Waals surface area (Å²) in [5.74, 6) is 0. The zero-order chi connectivity index (χ0) is 34.7. The molecule has 3 heterocycles. The number of aliphatic hydroxyl groups excluding tert-OH is 2. The largest absolute Gasteiger partial charge is 0.390 e. The van der Waals surface area contributed by atoms with Crippen molar-refractivity contribution in [1.29, 1.82) is 0 Å². The molecule has 4 aromatic rings. The summed E-state index contributed by atoms with van der Waals surface area (Å²) in [6, 6.07) is 27.6. The van der Waals surface area contributed by atoms with E-state index in [4.69, 9.17) is 0 Å². The molecule has 10 heteroatoms. The number of aliphatic hydroxyl groups is 2. The van der Waals surface area contributed by atoms with Gasteiger partial charge in [0.05, 0.1) is 36.2 Å². The van der Waals surface area contributed by atoms with E-state index in [2.05, 4.69) is 68.2 Å². The van der Waals surface area contributed by atoms with Gasteiger partial charge in [-0.05, 0) is 23.3 Å². The Morgan fingerprint density at radius 2 is 0.940 bits per heavy atom. The van der Waals surface area contributed by atoms with E-state index < -0.39 is 23.5 Å². The zero-order valence-corrected chi connectivity index (χ0v) is 28.8. The van der Waals surface area contributed by atoms with Crippen LogP contribution in [0.2, 0.25) is 0 Å². The van der Waals surface area contributed by atoms with Crippen LogP contribution in [0.3, 0.4) is 0 Å². The summed E-state index contributed by atoms with van der Waals surface area (Å²) in [6.07, 6.45) is 6.97. The number of para-hydroxylation sites is 1. The van der Waals surface area contributed by atoms with Gasteiger partial charge in [0.2, 0.25) is 0 Å². The molecule has 2 aliphatic rings. The number of aromatic nitrogens is 2. The van der Waals surface area contributed by atoms with Crippen molar-refractivity contribution < 1.29 is 10.2 Å². The Bertz CT molecular complexity index is 1820. The molecule has 264 valence electrons. The smallest absolute Gasteiger partial charge is 0.331 e.